The molecule has 2 atom stereocenters. The van der Waals surface area contributed by atoms with E-state index in [1.807, 2.05) is 0 Å². The summed E-state index contributed by atoms with van der Waals surface area (Å²) in [6.45, 7) is 10.2. The molecule has 0 heteroatoms. The molecule has 3 aliphatic carbocycles. The van der Waals surface area contributed by atoms with Gasteiger partial charge in [-0.3, -0.25) is 0 Å². The molecule has 0 saturated heterocycles. The van der Waals surface area contributed by atoms with Gasteiger partial charge in [-0.15, -0.1) is 0 Å². The van der Waals surface area contributed by atoms with Crippen LogP contribution in [0.3, 0.4) is 0 Å². The van der Waals surface area contributed by atoms with Crippen molar-refractivity contribution in [1.82, 2.24) is 0 Å². The van der Waals surface area contributed by atoms with Crippen molar-refractivity contribution in [3.8, 4) is 0 Å². The quantitative estimate of drug-likeness (QED) is 0.538. The van der Waals surface area contributed by atoms with Gasteiger partial charge in [0.15, 0.2) is 0 Å². The molecule has 0 amide bonds. The molecule has 0 aromatic carbocycles. The zero-order chi connectivity index (χ0) is 10.2. The zero-order valence-corrected chi connectivity index (χ0v) is 10.2. The maximum Gasteiger partial charge on any atom is -0.0210 e. The average Bonchev–Trinajstić information content (AvgIpc) is 2.34. The molecule has 80 valence electrons. The molecule has 2 bridgehead atoms. The van der Waals surface area contributed by atoms with Gasteiger partial charge in [-0.1, -0.05) is 34.1 Å². The summed E-state index contributed by atoms with van der Waals surface area (Å²) >= 11 is 0. The van der Waals surface area contributed by atoms with E-state index in [2.05, 4.69) is 27.7 Å². The minimum absolute atomic E-state index is 0.653. The van der Waals surface area contributed by atoms with Crippen LogP contribution in [0.15, 0.2) is 0 Å². The lowest BCUT2D eigenvalue weighted by Crippen LogP contribution is -2.52. The highest BCUT2D eigenvalue weighted by Gasteiger charge is 2.69. The number of rotatable bonds is 0. The van der Waals surface area contributed by atoms with Crippen molar-refractivity contribution in [1.29, 1.82) is 0 Å². The maximum absolute atomic E-state index is 2.56. The maximum atomic E-state index is 2.56. The number of hydrogen-bond donors (Lipinski definition) is 0. The van der Waals surface area contributed by atoms with Crippen LogP contribution < -0.4 is 0 Å². The molecular weight excluding hydrogens is 168 g/mol. The van der Waals surface area contributed by atoms with E-state index in [0.29, 0.717) is 10.8 Å². The van der Waals surface area contributed by atoms with Crippen LogP contribution in [0.1, 0.15) is 59.8 Å². The molecule has 0 aromatic heterocycles. The third kappa shape index (κ3) is 0.750. The first-order valence-corrected chi connectivity index (χ1v) is 6.40. The first kappa shape index (κ1) is 9.24. The summed E-state index contributed by atoms with van der Waals surface area (Å²) in [4.78, 5) is 0. The van der Waals surface area contributed by atoms with Crippen molar-refractivity contribution in [2.75, 3.05) is 0 Å². The van der Waals surface area contributed by atoms with Crippen LogP contribution >= 0.6 is 0 Å². The second-order valence-corrected chi connectivity index (χ2v) is 7.41. The van der Waals surface area contributed by atoms with E-state index in [4.69, 9.17) is 0 Å². The smallest absolute Gasteiger partial charge is 0.0210 e. The Bertz CT molecular complexity index is 268. The second kappa shape index (κ2) is 2.23. The van der Waals surface area contributed by atoms with Gasteiger partial charge in [0.25, 0.3) is 0 Å². The van der Waals surface area contributed by atoms with Gasteiger partial charge < -0.3 is 0 Å². The average molecular weight is 192 g/mol. The lowest BCUT2D eigenvalue weighted by molar-refractivity contribution is -0.111. The van der Waals surface area contributed by atoms with Crippen LogP contribution in [-0.4, -0.2) is 0 Å². The number of fused-ring (bicyclic) bond motifs is 3. The standard InChI is InChI=1S/C14H24/c1-12(2)9-10-8-11(12)14(6-5-7-14)13(10,3)4/h10-11H,5-9H2,1-4H3. The monoisotopic (exact) mass is 192 g/mol. The van der Waals surface area contributed by atoms with Gasteiger partial charge >= 0.3 is 0 Å². The predicted octanol–water partition coefficient (Wildman–Crippen LogP) is 4.25. The van der Waals surface area contributed by atoms with Gasteiger partial charge in [-0.25, -0.2) is 0 Å². The fourth-order valence-electron chi connectivity index (χ4n) is 5.39. The van der Waals surface area contributed by atoms with Crippen molar-refractivity contribution in [2.24, 2.45) is 28.1 Å². The fourth-order valence-corrected chi connectivity index (χ4v) is 5.39. The van der Waals surface area contributed by atoms with E-state index in [1.165, 1.54) is 25.7 Å². The van der Waals surface area contributed by atoms with E-state index < -0.39 is 0 Å². The molecule has 0 aromatic rings. The van der Waals surface area contributed by atoms with Gasteiger partial charge in [-0.2, -0.15) is 0 Å². The first-order chi connectivity index (χ1) is 6.40. The molecule has 0 N–H and O–H groups in total. The van der Waals surface area contributed by atoms with Gasteiger partial charge in [0.1, 0.15) is 0 Å². The van der Waals surface area contributed by atoms with E-state index in [0.717, 1.165) is 17.3 Å². The Hall–Kier alpha value is 0. The van der Waals surface area contributed by atoms with Crippen LogP contribution in [0, 0.1) is 28.1 Å². The molecule has 3 rings (SSSR count). The summed E-state index contributed by atoms with van der Waals surface area (Å²) in [6, 6.07) is 0. The fraction of sp³-hybridized carbons (Fsp3) is 1.00. The van der Waals surface area contributed by atoms with Crippen molar-refractivity contribution in [3.05, 3.63) is 0 Å². The molecule has 1 spiro atoms. The van der Waals surface area contributed by atoms with Crippen LogP contribution in [0.25, 0.3) is 0 Å². The van der Waals surface area contributed by atoms with Crippen LogP contribution in [-0.2, 0) is 0 Å². The summed E-state index contributed by atoms with van der Waals surface area (Å²) < 4.78 is 0. The molecule has 3 aliphatic rings. The summed E-state index contributed by atoms with van der Waals surface area (Å²) in [5.41, 5.74) is 2.07. The number of hydrogen-bond acceptors (Lipinski definition) is 0. The Kier molecular flexibility index (Phi) is 1.47. The van der Waals surface area contributed by atoms with Gasteiger partial charge in [0, 0.05) is 0 Å². The predicted molar refractivity (Wildman–Crippen MR) is 60.1 cm³/mol. The van der Waals surface area contributed by atoms with E-state index >= 15 is 0 Å². The minimum Gasteiger partial charge on any atom is -0.0596 e. The highest BCUT2D eigenvalue weighted by molar-refractivity contribution is 5.18. The molecule has 3 fully saturated rings. The summed E-state index contributed by atoms with van der Waals surface area (Å²) in [5, 5.41) is 0. The Morgan fingerprint density at radius 1 is 1.00 bits per heavy atom. The van der Waals surface area contributed by atoms with Crippen molar-refractivity contribution in [3.63, 3.8) is 0 Å². The Morgan fingerprint density at radius 2 is 1.64 bits per heavy atom. The third-order valence-corrected chi connectivity index (χ3v) is 6.45. The Labute approximate surface area is 88.5 Å². The summed E-state index contributed by atoms with van der Waals surface area (Å²) in [6.07, 6.45) is 7.60. The lowest BCUT2D eigenvalue weighted by Gasteiger charge is -2.60. The van der Waals surface area contributed by atoms with Crippen molar-refractivity contribution >= 4 is 0 Å². The highest BCUT2D eigenvalue weighted by atomic mass is 14.7. The SMILES string of the molecule is CC1(C)CC2CC1C1(CCC1)C2(C)C. The first-order valence-electron chi connectivity index (χ1n) is 6.40. The molecule has 0 heterocycles. The highest BCUT2D eigenvalue weighted by Crippen LogP contribution is 2.77. The second-order valence-electron chi connectivity index (χ2n) is 7.41. The third-order valence-electron chi connectivity index (χ3n) is 6.45. The van der Waals surface area contributed by atoms with Gasteiger partial charge in [-0.05, 0) is 53.8 Å². The zero-order valence-electron chi connectivity index (χ0n) is 10.2. The molecule has 0 nitrogen and oxygen atoms in total. The van der Waals surface area contributed by atoms with E-state index in [9.17, 15) is 0 Å². The van der Waals surface area contributed by atoms with Crippen molar-refractivity contribution < 1.29 is 0 Å². The van der Waals surface area contributed by atoms with Gasteiger partial charge in [0.05, 0.1) is 0 Å². The minimum atomic E-state index is 0.653. The Morgan fingerprint density at radius 3 is 2.00 bits per heavy atom. The van der Waals surface area contributed by atoms with E-state index in [-0.39, 0.29) is 0 Å². The molecule has 0 aliphatic heterocycles. The molecule has 2 unspecified atom stereocenters. The van der Waals surface area contributed by atoms with Crippen molar-refractivity contribution in [2.45, 2.75) is 59.8 Å². The lowest BCUT2D eigenvalue weighted by atomic mass is 9.44. The molecule has 3 saturated carbocycles. The van der Waals surface area contributed by atoms with Crippen LogP contribution in [0.2, 0.25) is 0 Å². The summed E-state index contributed by atoms with van der Waals surface area (Å²) in [7, 11) is 0. The topological polar surface area (TPSA) is 0 Å². The van der Waals surface area contributed by atoms with Crippen LogP contribution in [0.5, 0.6) is 0 Å². The molecular formula is C14H24. The summed E-state index contributed by atoms with van der Waals surface area (Å²) in [5.74, 6) is 2.08. The van der Waals surface area contributed by atoms with Gasteiger partial charge in [0.2, 0.25) is 0 Å². The van der Waals surface area contributed by atoms with E-state index in [1.54, 1.807) is 6.42 Å². The normalized spacial score (nSPS) is 45.4. The molecule has 0 radical (unpaired) electrons. The largest absolute Gasteiger partial charge is 0.0596 e. The Balaban J connectivity index is 2.04. The molecule has 14 heavy (non-hydrogen) atoms. The van der Waals surface area contributed by atoms with Crippen LogP contribution in [0.4, 0.5) is 0 Å².